The molecule has 0 aromatic heterocycles. The van der Waals surface area contributed by atoms with Crippen LogP contribution in [0.25, 0.3) is 0 Å². The molecule has 6 nitrogen and oxygen atoms in total. The number of amides is 1. The molecule has 0 spiro atoms. The third kappa shape index (κ3) is 2.24. The van der Waals surface area contributed by atoms with E-state index in [-0.39, 0.29) is 29.2 Å². The Bertz CT molecular complexity index is 578. The summed E-state index contributed by atoms with van der Waals surface area (Å²) < 4.78 is 13.6. The number of hydrogen-bond donors (Lipinski definition) is 2. The maximum absolute atomic E-state index is 13.6. The first-order valence-corrected chi connectivity index (χ1v) is 6.55. The monoisotopic (exact) mass is 279 g/mol. The van der Waals surface area contributed by atoms with Crippen molar-refractivity contribution in [3.8, 4) is 0 Å². The van der Waals surface area contributed by atoms with E-state index < -0.39 is 10.7 Å². The van der Waals surface area contributed by atoms with Gasteiger partial charge in [0, 0.05) is 24.2 Å². The largest absolute Gasteiger partial charge is 0.323 e. The molecule has 0 radical (unpaired) electrons. The Morgan fingerprint density at radius 2 is 2.25 bits per heavy atom. The number of non-ortho nitro benzene ring substituents is 1. The summed E-state index contributed by atoms with van der Waals surface area (Å²) in [5, 5.41) is 16.5. The van der Waals surface area contributed by atoms with Crippen LogP contribution >= 0.6 is 0 Å². The Morgan fingerprint density at radius 3 is 2.85 bits per heavy atom. The molecule has 2 heterocycles. The number of hydrogen-bond acceptors (Lipinski definition) is 4. The minimum absolute atomic E-state index is 0.132. The van der Waals surface area contributed by atoms with E-state index in [9.17, 15) is 19.3 Å². The molecule has 2 aliphatic heterocycles. The van der Waals surface area contributed by atoms with E-state index in [0.29, 0.717) is 6.04 Å². The highest BCUT2D eigenvalue weighted by molar-refractivity contribution is 5.93. The molecule has 1 aromatic rings. The highest BCUT2D eigenvalue weighted by atomic mass is 19.1. The molecule has 106 valence electrons. The van der Waals surface area contributed by atoms with Gasteiger partial charge in [-0.3, -0.25) is 14.9 Å². The molecular weight excluding hydrogens is 265 g/mol. The van der Waals surface area contributed by atoms with Gasteiger partial charge in [0.2, 0.25) is 5.91 Å². The van der Waals surface area contributed by atoms with Crippen molar-refractivity contribution in [2.24, 2.45) is 5.92 Å². The number of nitrogens with zero attached hydrogens (tertiary/aromatic N) is 1. The molecule has 2 aliphatic rings. The van der Waals surface area contributed by atoms with E-state index in [4.69, 9.17) is 0 Å². The second kappa shape index (κ2) is 4.82. The molecule has 7 heteroatoms. The standard InChI is InChI=1S/C13H14FN3O3/c14-10-3-2-8(17(19)20)6-12(10)16-13(18)9-5-7-1-4-11(9)15-7/h2-3,6-7,9,11,15H,1,4-5H2,(H,16,18). The summed E-state index contributed by atoms with van der Waals surface area (Å²) in [6.45, 7) is 0. The summed E-state index contributed by atoms with van der Waals surface area (Å²) in [6, 6.07) is 3.62. The number of rotatable bonds is 3. The predicted molar refractivity (Wildman–Crippen MR) is 69.7 cm³/mol. The lowest BCUT2D eigenvalue weighted by Crippen LogP contribution is -2.33. The fraction of sp³-hybridized carbons (Fsp3) is 0.462. The number of fused-ring (bicyclic) bond motifs is 2. The van der Waals surface area contributed by atoms with Gasteiger partial charge in [0.05, 0.1) is 16.5 Å². The van der Waals surface area contributed by atoms with Crippen LogP contribution in [0.5, 0.6) is 0 Å². The number of halogens is 1. The smallest absolute Gasteiger partial charge is 0.271 e. The minimum atomic E-state index is -0.667. The second-order valence-electron chi connectivity index (χ2n) is 5.30. The molecule has 20 heavy (non-hydrogen) atoms. The predicted octanol–water partition coefficient (Wildman–Crippen LogP) is 1.81. The highest BCUT2D eigenvalue weighted by Gasteiger charge is 2.42. The Kier molecular flexibility index (Phi) is 3.13. The number of carbonyl (C=O) groups is 1. The molecule has 3 unspecified atom stereocenters. The van der Waals surface area contributed by atoms with E-state index in [1.54, 1.807) is 0 Å². The van der Waals surface area contributed by atoms with Crippen LogP contribution in [-0.2, 0) is 4.79 Å². The Balaban J connectivity index is 1.75. The maximum atomic E-state index is 13.6. The van der Waals surface area contributed by atoms with Crippen LogP contribution in [0.2, 0.25) is 0 Å². The molecule has 2 saturated heterocycles. The average molecular weight is 279 g/mol. The van der Waals surface area contributed by atoms with Gasteiger partial charge in [-0.25, -0.2) is 4.39 Å². The third-order valence-corrected chi connectivity index (χ3v) is 4.06. The van der Waals surface area contributed by atoms with Gasteiger partial charge in [-0.1, -0.05) is 0 Å². The maximum Gasteiger partial charge on any atom is 0.271 e. The van der Waals surface area contributed by atoms with Crippen LogP contribution in [0.4, 0.5) is 15.8 Å². The minimum Gasteiger partial charge on any atom is -0.323 e. The topological polar surface area (TPSA) is 84.3 Å². The van der Waals surface area contributed by atoms with Gasteiger partial charge >= 0.3 is 0 Å². The Labute approximate surface area is 114 Å². The van der Waals surface area contributed by atoms with Gasteiger partial charge in [0.1, 0.15) is 5.82 Å². The van der Waals surface area contributed by atoms with Crippen molar-refractivity contribution in [2.45, 2.75) is 31.3 Å². The molecular formula is C13H14FN3O3. The van der Waals surface area contributed by atoms with Gasteiger partial charge in [0.25, 0.3) is 5.69 Å². The lowest BCUT2D eigenvalue weighted by atomic mass is 9.88. The van der Waals surface area contributed by atoms with Crippen molar-refractivity contribution >= 4 is 17.3 Å². The van der Waals surface area contributed by atoms with E-state index in [0.717, 1.165) is 37.5 Å². The van der Waals surface area contributed by atoms with Gasteiger partial charge in [0.15, 0.2) is 0 Å². The molecule has 0 saturated carbocycles. The zero-order valence-electron chi connectivity index (χ0n) is 10.6. The van der Waals surface area contributed by atoms with Crippen molar-refractivity contribution in [3.05, 3.63) is 34.1 Å². The van der Waals surface area contributed by atoms with Crippen molar-refractivity contribution < 1.29 is 14.1 Å². The van der Waals surface area contributed by atoms with Crippen LogP contribution in [0.3, 0.4) is 0 Å². The summed E-state index contributed by atoms with van der Waals surface area (Å²) >= 11 is 0. The van der Waals surface area contributed by atoms with E-state index in [2.05, 4.69) is 10.6 Å². The van der Waals surface area contributed by atoms with Crippen LogP contribution in [0.15, 0.2) is 18.2 Å². The number of nitro groups is 1. The summed E-state index contributed by atoms with van der Waals surface area (Å²) in [5.41, 5.74) is -0.375. The lowest BCUT2D eigenvalue weighted by Gasteiger charge is -2.19. The Morgan fingerprint density at radius 1 is 1.45 bits per heavy atom. The van der Waals surface area contributed by atoms with Gasteiger partial charge < -0.3 is 10.6 Å². The quantitative estimate of drug-likeness (QED) is 0.653. The number of nitrogens with one attached hydrogen (secondary N) is 2. The summed E-state index contributed by atoms with van der Waals surface area (Å²) in [5.74, 6) is -1.13. The average Bonchev–Trinajstić information content (AvgIpc) is 3.03. The first-order chi connectivity index (χ1) is 9.54. The highest BCUT2D eigenvalue weighted by Crippen LogP contribution is 2.34. The van der Waals surface area contributed by atoms with E-state index in [1.165, 1.54) is 0 Å². The van der Waals surface area contributed by atoms with Crippen molar-refractivity contribution in [2.75, 3.05) is 5.32 Å². The summed E-state index contributed by atoms with van der Waals surface area (Å²) in [4.78, 5) is 22.2. The SMILES string of the molecule is O=C(Nc1cc([N+](=O)[O-])ccc1F)C1CC2CCC1N2. The van der Waals surface area contributed by atoms with E-state index >= 15 is 0 Å². The van der Waals surface area contributed by atoms with Crippen LogP contribution in [0, 0.1) is 21.8 Å². The number of nitro benzene ring substituents is 1. The molecule has 1 aromatic carbocycles. The first-order valence-electron chi connectivity index (χ1n) is 6.55. The molecule has 2 fully saturated rings. The van der Waals surface area contributed by atoms with Gasteiger partial charge in [-0.2, -0.15) is 0 Å². The fourth-order valence-corrected chi connectivity index (χ4v) is 3.06. The molecule has 3 atom stereocenters. The number of anilines is 1. The van der Waals surface area contributed by atoms with Crippen molar-refractivity contribution in [1.82, 2.24) is 5.32 Å². The van der Waals surface area contributed by atoms with Crippen molar-refractivity contribution in [3.63, 3.8) is 0 Å². The van der Waals surface area contributed by atoms with Crippen LogP contribution in [0.1, 0.15) is 19.3 Å². The van der Waals surface area contributed by atoms with Gasteiger partial charge in [-0.15, -0.1) is 0 Å². The molecule has 2 bridgehead atoms. The molecule has 3 rings (SSSR count). The first kappa shape index (κ1) is 13.0. The number of carbonyl (C=O) groups excluding carboxylic acids is 1. The fourth-order valence-electron chi connectivity index (χ4n) is 3.06. The van der Waals surface area contributed by atoms with E-state index in [1.807, 2.05) is 0 Å². The lowest BCUT2D eigenvalue weighted by molar-refractivity contribution is -0.384. The molecule has 1 amide bonds. The normalized spacial score (nSPS) is 27.6. The second-order valence-corrected chi connectivity index (χ2v) is 5.30. The number of benzene rings is 1. The zero-order valence-corrected chi connectivity index (χ0v) is 10.6. The van der Waals surface area contributed by atoms with Crippen molar-refractivity contribution in [1.29, 1.82) is 0 Å². The molecule has 2 N–H and O–H groups in total. The summed E-state index contributed by atoms with van der Waals surface area (Å²) in [7, 11) is 0. The van der Waals surface area contributed by atoms with Crippen LogP contribution < -0.4 is 10.6 Å². The zero-order chi connectivity index (χ0) is 14.3. The molecule has 0 aliphatic carbocycles. The third-order valence-electron chi connectivity index (χ3n) is 4.06. The Hall–Kier alpha value is -2.02. The van der Waals surface area contributed by atoms with Crippen LogP contribution in [-0.4, -0.2) is 22.9 Å². The van der Waals surface area contributed by atoms with Gasteiger partial charge in [-0.05, 0) is 25.3 Å². The summed E-state index contributed by atoms with van der Waals surface area (Å²) in [6.07, 6.45) is 2.76.